The van der Waals surface area contributed by atoms with E-state index in [4.69, 9.17) is 11.6 Å². The quantitative estimate of drug-likeness (QED) is 0.625. The van der Waals surface area contributed by atoms with Gasteiger partial charge in [0.1, 0.15) is 0 Å². The summed E-state index contributed by atoms with van der Waals surface area (Å²) in [6.07, 6.45) is -3.30. The molecular formula is C16H17ClF3N3O. The van der Waals surface area contributed by atoms with Crippen LogP contribution in [0.5, 0.6) is 0 Å². The third-order valence-electron chi connectivity index (χ3n) is 3.42. The normalized spacial score (nSPS) is 12.0. The Bertz CT molecular complexity index is 747. The predicted molar refractivity (Wildman–Crippen MR) is 88.8 cm³/mol. The summed E-state index contributed by atoms with van der Waals surface area (Å²) in [5.74, 6) is -1.91. The number of alkyl halides is 3. The van der Waals surface area contributed by atoms with Gasteiger partial charge in [0.25, 0.3) is 5.78 Å². The summed E-state index contributed by atoms with van der Waals surface area (Å²) in [6, 6.07) is 4.66. The van der Waals surface area contributed by atoms with Gasteiger partial charge >= 0.3 is 6.18 Å². The number of halogens is 4. The molecule has 8 heteroatoms. The van der Waals surface area contributed by atoms with Crippen LogP contribution in [0.25, 0.3) is 10.9 Å². The van der Waals surface area contributed by atoms with Gasteiger partial charge in [-0.2, -0.15) is 13.2 Å². The number of fused-ring (bicyclic) bond motifs is 1. The predicted octanol–water partition coefficient (Wildman–Crippen LogP) is 4.00. The second-order valence-corrected chi connectivity index (χ2v) is 6.06. The Labute approximate surface area is 142 Å². The molecule has 0 radical (unpaired) electrons. The van der Waals surface area contributed by atoms with E-state index < -0.39 is 17.5 Å². The van der Waals surface area contributed by atoms with Crippen LogP contribution in [0.2, 0.25) is 5.02 Å². The number of Topliss-reactive ketones (excluding diaryl/α,β-unsaturated/α-hetero) is 1. The molecule has 2 rings (SSSR count). The molecule has 0 atom stereocenters. The molecule has 0 aliphatic heterocycles. The summed E-state index contributed by atoms with van der Waals surface area (Å²) in [6.45, 7) is 1.20. The Balaban J connectivity index is 2.43. The van der Waals surface area contributed by atoms with E-state index in [9.17, 15) is 18.0 Å². The summed E-state index contributed by atoms with van der Waals surface area (Å²) in [5.41, 5.74) is 0.0799. The van der Waals surface area contributed by atoms with Crippen molar-refractivity contribution in [2.45, 2.75) is 12.6 Å². The maximum atomic E-state index is 12.8. The van der Waals surface area contributed by atoms with Crippen LogP contribution in [0.3, 0.4) is 0 Å². The van der Waals surface area contributed by atoms with Gasteiger partial charge in [0.15, 0.2) is 0 Å². The first kappa shape index (κ1) is 18.5. The number of nitrogens with one attached hydrogen (secondary N) is 1. The fourth-order valence-electron chi connectivity index (χ4n) is 2.29. The van der Waals surface area contributed by atoms with Crippen molar-refractivity contribution in [3.05, 3.63) is 35.0 Å². The maximum absolute atomic E-state index is 12.8. The highest BCUT2D eigenvalue weighted by Gasteiger charge is 2.41. The second kappa shape index (κ2) is 7.36. The van der Waals surface area contributed by atoms with E-state index in [0.29, 0.717) is 28.9 Å². The Morgan fingerprint density at radius 1 is 1.33 bits per heavy atom. The molecule has 2 aromatic rings. The number of carbonyl (C=O) groups excluding carboxylic acids is 1. The zero-order chi connectivity index (χ0) is 17.9. The number of benzene rings is 1. The summed E-state index contributed by atoms with van der Waals surface area (Å²) < 4.78 is 38.5. The molecule has 130 valence electrons. The number of aromatic nitrogens is 1. The van der Waals surface area contributed by atoms with Crippen LogP contribution in [-0.2, 0) is 0 Å². The zero-order valence-electron chi connectivity index (χ0n) is 13.2. The molecule has 0 aliphatic rings. The molecule has 1 aromatic carbocycles. The van der Waals surface area contributed by atoms with Gasteiger partial charge in [-0.25, -0.2) is 0 Å². The first-order valence-electron chi connectivity index (χ1n) is 7.28. The fraction of sp³-hybridized carbons (Fsp3) is 0.375. The molecule has 1 aromatic heterocycles. The van der Waals surface area contributed by atoms with Crippen LogP contribution in [0.15, 0.2) is 24.4 Å². The van der Waals surface area contributed by atoms with E-state index in [2.05, 4.69) is 10.3 Å². The molecule has 0 aliphatic carbocycles. The third-order valence-corrected chi connectivity index (χ3v) is 3.65. The summed E-state index contributed by atoms with van der Waals surface area (Å²) >= 11 is 5.89. The lowest BCUT2D eigenvalue weighted by molar-refractivity contribution is -0.0884. The van der Waals surface area contributed by atoms with E-state index in [1.165, 1.54) is 0 Å². The van der Waals surface area contributed by atoms with Crippen LogP contribution < -0.4 is 5.32 Å². The number of nitrogens with zero attached hydrogens (tertiary/aromatic N) is 2. The smallest absolute Gasteiger partial charge is 0.384 e. The minimum Gasteiger partial charge on any atom is -0.384 e. The van der Waals surface area contributed by atoms with Crippen molar-refractivity contribution >= 4 is 34.0 Å². The van der Waals surface area contributed by atoms with Gasteiger partial charge in [-0.15, -0.1) is 0 Å². The van der Waals surface area contributed by atoms with Gasteiger partial charge in [0.2, 0.25) is 0 Å². The van der Waals surface area contributed by atoms with Crippen LogP contribution in [-0.4, -0.2) is 49.0 Å². The Hall–Kier alpha value is -1.86. The summed E-state index contributed by atoms with van der Waals surface area (Å²) in [7, 11) is 3.81. The maximum Gasteiger partial charge on any atom is 0.455 e. The average molecular weight is 360 g/mol. The first-order valence-corrected chi connectivity index (χ1v) is 7.66. The molecule has 0 unspecified atom stereocenters. The summed E-state index contributed by atoms with van der Waals surface area (Å²) in [5, 5.41) is 3.80. The van der Waals surface area contributed by atoms with Crippen molar-refractivity contribution in [1.29, 1.82) is 0 Å². The average Bonchev–Trinajstić information content (AvgIpc) is 2.49. The third kappa shape index (κ3) is 4.36. The second-order valence-electron chi connectivity index (χ2n) is 5.62. The van der Waals surface area contributed by atoms with Gasteiger partial charge in [-0.1, -0.05) is 11.6 Å². The minimum atomic E-state index is -4.96. The largest absolute Gasteiger partial charge is 0.455 e. The lowest BCUT2D eigenvalue weighted by atomic mass is 10.1. The fourth-order valence-corrected chi connectivity index (χ4v) is 2.46. The number of hydrogen-bond donors (Lipinski definition) is 1. The Morgan fingerprint density at radius 2 is 2.04 bits per heavy atom. The number of anilines is 1. The molecular weight excluding hydrogens is 343 g/mol. The molecule has 0 bridgehead atoms. The van der Waals surface area contributed by atoms with Crippen molar-refractivity contribution in [2.75, 3.05) is 32.5 Å². The number of rotatable bonds is 6. The van der Waals surface area contributed by atoms with Gasteiger partial charge in [0, 0.05) is 23.2 Å². The van der Waals surface area contributed by atoms with E-state index >= 15 is 0 Å². The van der Waals surface area contributed by atoms with Gasteiger partial charge in [0.05, 0.1) is 16.8 Å². The van der Waals surface area contributed by atoms with Crippen molar-refractivity contribution in [2.24, 2.45) is 0 Å². The van der Waals surface area contributed by atoms with Crippen molar-refractivity contribution in [3.63, 3.8) is 0 Å². The molecule has 0 spiro atoms. The van der Waals surface area contributed by atoms with Gasteiger partial charge in [-0.3, -0.25) is 9.78 Å². The number of ketones is 1. The van der Waals surface area contributed by atoms with Crippen molar-refractivity contribution in [1.82, 2.24) is 9.88 Å². The van der Waals surface area contributed by atoms with Crippen LogP contribution in [0.4, 0.5) is 18.9 Å². The van der Waals surface area contributed by atoms with E-state index in [1.54, 1.807) is 18.2 Å². The highest BCUT2D eigenvalue weighted by molar-refractivity contribution is 6.31. The highest BCUT2D eigenvalue weighted by Crippen LogP contribution is 2.32. The molecule has 4 nitrogen and oxygen atoms in total. The molecule has 1 N–H and O–H groups in total. The van der Waals surface area contributed by atoms with Crippen LogP contribution in [0, 0.1) is 0 Å². The molecule has 0 saturated carbocycles. The lowest BCUT2D eigenvalue weighted by Crippen LogP contribution is -2.25. The Morgan fingerprint density at radius 3 is 2.67 bits per heavy atom. The van der Waals surface area contributed by atoms with Crippen molar-refractivity contribution in [3.8, 4) is 0 Å². The molecule has 0 fully saturated rings. The molecule has 24 heavy (non-hydrogen) atoms. The topological polar surface area (TPSA) is 45.2 Å². The Kier molecular flexibility index (Phi) is 5.66. The minimum absolute atomic E-state index is 0.137. The van der Waals surface area contributed by atoms with Crippen LogP contribution in [0.1, 0.15) is 16.8 Å². The number of carbonyl (C=O) groups is 1. The summed E-state index contributed by atoms with van der Waals surface area (Å²) in [4.78, 5) is 17.6. The van der Waals surface area contributed by atoms with Crippen molar-refractivity contribution < 1.29 is 18.0 Å². The SMILES string of the molecule is CN(C)CCCNc1c(C(=O)C(F)(F)F)cnc2cc(Cl)ccc12. The van der Waals surface area contributed by atoms with Gasteiger partial charge in [-0.05, 0) is 45.3 Å². The zero-order valence-corrected chi connectivity index (χ0v) is 14.0. The number of hydrogen-bond acceptors (Lipinski definition) is 4. The van der Waals surface area contributed by atoms with E-state index in [1.807, 2.05) is 19.0 Å². The molecule has 1 heterocycles. The molecule has 0 amide bonds. The van der Waals surface area contributed by atoms with E-state index in [0.717, 1.165) is 12.7 Å². The molecule has 0 saturated heterocycles. The number of pyridine rings is 1. The van der Waals surface area contributed by atoms with Crippen LogP contribution >= 0.6 is 11.6 Å². The van der Waals surface area contributed by atoms with E-state index in [-0.39, 0.29) is 5.69 Å². The highest BCUT2D eigenvalue weighted by atomic mass is 35.5. The lowest BCUT2D eigenvalue weighted by Gasteiger charge is -2.16. The monoisotopic (exact) mass is 359 g/mol. The standard InChI is InChI=1S/C16H17ClF3N3O/c1-23(2)7-3-6-21-14-11-5-4-10(17)8-13(11)22-9-12(14)15(24)16(18,19)20/h4-5,8-9H,3,6-7H2,1-2H3,(H,21,22). The van der Waals surface area contributed by atoms with Gasteiger partial charge < -0.3 is 10.2 Å². The first-order chi connectivity index (χ1) is 11.2.